The second-order valence-corrected chi connectivity index (χ2v) is 6.96. The van der Waals surface area contributed by atoms with E-state index in [9.17, 15) is 4.79 Å². The molecule has 3 rings (SSSR count). The average molecular weight is 373 g/mol. The van der Waals surface area contributed by atoms with Gasteiger partial charge in [-0.1, -0.05) is 77.8 Å². The molecule has 0 aliphatic rings. The Morgan fingerprint density at radius 1 is 0.708 bits per heavy atom. The summed E-state index contributed by atoms with van der Waals surface area (Å²) in [4.78, 5) is 13.3. The lowest BCUT2D eigenvalue weighted by atomic mass is 9.83. The van der Waals surface area contributed by atoms with Gasteiger partial charge in [0.25, 0.3) is 0 Å². The van der Waals surface area contributed by atoms with Gasteiger partial charge in [-0.3, -0.25) is 4.79 Å². The van der Waals surface area contributed by atoms with E-state index < -0.39 is 4.75 Å². The van der Waals surface area contributed by atoms with Crippen molar-refractivity contribution < 1.29 is 4.79 Å². The molecular formula is C20H14Cl2OS. The largest absolute Gasteiger partial charge is 0.292 e. The van der Waals surface area contributed by atoms with Crippen molar-refractivity contribution in [3.63, 3.8) is 0 Å². The van der Waals surface area contributed by atoms with E-state index in [4.69, 9.17) is 35.8 Å². The fourth-order valence-corrected chi connectivity index (χ4v) is 3.29. The number of ketones is 1. The van der Waals surface area contributed by atoms with Crippen LogP contribution in [0.25, 0.3) is 0 Å². The normalized spacial score (nSPS) is 11.3. The first-order valence-corrected chi connectivity index (χ1v) is 8.56. The highest BCUT2D eigenvalue weighted by Crippen LogP contribution is 2.40. The second-order valence-electron chi connectivity index (χ2n) is 5.42. The van der Waals surface area contributed by atoms with Crippen molar-refractivity contribution in [1.29, 1.82) is 0 Å². The van der Waals surface area contributed by atoms with Crippen LogP contribution < -0.4 is 0 Å². The van der Waals surface area contributed by atoms with Gasteiger partial charge in [0.1, 0.15) is 4.75 Å². The monoisotopic (exact) mass is 372 g/mol. The zero-order chi connectivity index (χ0) is 17.2. The van der Waals surface area contributed by atoms with Gasteiger partial charge in [0.15, 0.2) is 5.78 Å². The van der Waals surface area contributed by atoms with Crippen LogP contribution in [0.4, 0.5) is 0 Å². The van der Waals surface area contributed by atoms with Crippen LogP contribution in [0, 0.1) is 0 Å². The molecule has 0 N–H and O–H groups in total. The van der Waals surface area contributed by atoms with Gasteiger partial charge in [-0.2, -0.15) is 12.6 Å². The molecule has 0 bridgehead atoms. The van der Waals surface area contributed by atoms with Gasteiger partial charge in [-0.25, -0.2) is 0 Å². The van der Waals surface area contributed by atoms with E-state index in [2.05, 4.69) is 0 Å². The first kappa shape index (κ1) is 17.1. The van der Waals surface area contributed by atoms with Gasteiger partial charge in [-0.15, -0.1) is 0 Å². The average Bonchev–Trinajstić information content (AvgIpc) is 2.62. The number of rotatable bonds is 4. The first-order valence-electron chi connectivity index (χ1n) is 7.36. The Labute approximate surface area is 156 Å². The van der Waals surface area contributed by atoms with Crippen molar-refractivity contribution in [2.45, 2.75) is 4.75 Å². The summed E-state index contributed by atoms with van der Waals surface area (Å²) in [6.45, 7) is 0. The smallest absolute Gasteiger partial charge is 0.187 e. The molecule has 0 aliphatic carbocycles. The Bertz CT molecular complexity index is 798. The Morgan fingerprint density at radius 3 is 1.54 bits per heavy atom. The zero-order valence-corrected chi connectivity index (χ0v) is 15.0. The number of hydrogen-bond donors (Lipinski definition) is 1. The number of thiol groups is 1. The zero-order valence-electron chi connectivity index (χ0n) is 12.6. The summed E-state index contributed by atoms with van der Waals surface area (Å²) in [5.74, 6) is -0.101. The molecule has 0 amide bonds. The van der Waals surface area contributed by atoms with Crippen LogP contribution in [-0.4, -0.2) is 5.78 Å². The molecule has 3 aromatic rings. The number of Topliss-reactive ketones (excluding diaryl/α,β-unsaturated/α-hetero) is 1. The quantitative estimate of drug-likeness (QED) is 0.435. The van der Waals surface area contributed by atoms with Crippen LogP contribution in [0.5, 0.6) is 0 Å². The molecule has 0 atom stereocenters. The number of benzene rings is 3. The maximum absolute atomic E-state index is 13.3. The van der Waals surface area contributed by atoms with E-state index in [1.165, 1.54) is 0 Å². The van der Waals surface area contributed by atoms with E-state index >= 15 is 0 Å². The first-order chi connectivity index (χ1) is 11.5. The summed E-state index contributed by atoms with van der Waals surface area (Å²) in [5.41, 5.74) is 2.11. The van der Waals surface area contributed by atoms with Crippen molar-refractivity contribution in [2.75, 3.05) is 0 Å². The molecule has 0 aromatic heterocycles. The Morgan fingerprint density at radius 2 is 1.12 bits per heavy atom. The van der Waals surface area contributed by atoms with Crippen LogP contribution in [0.3, 0.4) is 0 Å². The third-order valence-electron chi connectivity index (χ3n) is 3.89. The maximum atomic E-state index is 13.3. The summed E-state index contributed by atoms with van der Waals surface area (Å²) in [5, 5.41) is 1.22. The molecular weight excluding hydrogens is 359 g/mol. The topological polar surface area (TPSA) is 17.1 Å². The van der Waals surface area contributed by atoms with Gasteiger partial charge in [0.2, 0.25) is 0 Å². The summed E-state index contributed by atoms with van der Waals surface area (Å²) in [7, 11) is 0. The van der Waals surface area contributed by atoms with Crippen molar-refractivity contribution in [1.82, 2.24) is 0 Å². The fourth-order valence-electron chi connectivity index (χ4n) is 2.61. The van der Waals surface area contributed by atoms with E-state index in [-0.39, 0.29) is 5.78 Å². The van der Waals surface area contributed by atoms with E-state index in [1.807, 2.05) is 42.5 Å². The lowest BCUT2D eigenvalue weighted by molar-refractivity contribution is 0.0960. The molecule has 120 valence electrons. The number of carbonyl (C=O) groups excluding carboxylic acids is 1. The molecule has 24 heavy (non-hydrogen) atoms. The lowest BCUT2D eigenvalue weighted by Gasteiger charge is -2.28. The fraction of sp³-hybridized carbons (Fsp3) is 0.0500. The highest BCUT2D eigenvalue weighted by atomic mass is 35.5. The van der Waals surface area contributed by atoms with Crippen LogP contribution >= 0.6 is 35.8 Å². The van der Waals surface area contributed by atoms with Crippen molar-refractivity contribution in [2.24, 2.45) is 0 Å². The molecule has 0 fully saturated rings. The molecule has 0 radical (unpaired) electrons. The molecule has 0 aliphatic heterocycles. The predicted octanol–water partition coefficient (Wildman–Crippen LogP) is 6.05. The van der Waals surface area contributed by atoms with Gasteiger partial charge < -0.3 is 0 Å². The van der Waals surface area contributed by atoms with Gasteiger partial charge in [-0.05, 0) is 35.4 Å². The summed E-state index contributed by atoms with van der Waals surface area (Å²) >= 11 is 16.8. The minimum atomic E-state index is -1.13. The molecule has 4 heteroatoms. The summed E-state index contributed by atoms with van der Waals surface area (Å²) in [6.07, 6.45) is 0. The van der Waals surface area contributed by atoms with E-state index in [0.717, 1.165) is 11.1 Å². The van der Waals surface area contributed by atoms with Crippen LogP contribution in [-0.2, 0) is 4.75 Å². The standard InChI is InChI=1S/C20H14Cl2OS/c21-17-10-6-15(7-11-17)20(24,16-8-12-18(22)13-9-16)19(23)14-4-2-1-3-5-14/h1-13,24H. The molecule has 0 saturated heterocycles. The number of carbonyl (C=O) groups is 1. The van der Waals surface area contributed by atoms with Gasteiger partial charge in [0.05, 0.1) is 0 Å². The minimum absolute atomic E-state index is 0.101. The number of hydrogen-bond acceptors (Lipinski definition) is 2. The highest BCUT2D eigenvalue weighted by Gasteiger charge is 2.38. The molecule has 0 spiro atoms. The third kappa shape index (κ3) is 3.23. The molecule has 0 unspecified atom stereocenters. The van der Waals surface area contributed by atoms with Crippen molar-refractivity contribution in [3.8, 4) is 0 Å². The SMILES string of the molecule is O=C(c1ccccc1)C(S)(c1ccc(Cl)cc1)c1ccc(Cl)cc1. The number of halogens is 2. The lowest BCUT2D eigenvalue weighted by Crippen LogP contribution is -2.31. The Kier molecular flexibility index (Phi) is 5.00. The summed E-state index contributed by atoms with van der Waals surface area (Å²) in [6, 6.07) is 23.5. The highest BCUT2D eigenvalue weighted by molar-refractivity contribution is 7.82. The molecule has 1 nitrogen and oxygen atoms in total. The Hall–Kier alpha value is -1.74. The third-order valence-corrected chi connectivity index (χ3v) is 5.11. The molecule has 3 aromatic carbocycles. The minimum Gasteiger partial charge on any atom is -0.292 e. The second kappa shape index (κ2) is 7.02. The molecule has 0 saturated carbocycles. The van der Waals surface area contributed by atoms with Gasteiger partial charge >= 0.3 is 0 Å². The van der Waals surface area contributed by atoms with E-state index in [0.29, 0.717) is 15.6 Å². The van der Waals surface area contributed by atoms with Crippen LogP contribution in [0.2, 0.25) is 10.0 Å². The van der Waals surface area contributed by atoms with Gasteiger partial charge in [0, 0.05) is 15.6 Å². The van der Waals surface area contributed by atoms with E-state index in [1.54, 1.807) is 36.4 Å². The molecule has 0 heterocycles. The maximum Gasteiger partial charge on any atom is 0.187 e. The van der Waals surface area contributed by atoms with Crippen LogP contribution in [0.1, 0.15) is 21.5 Å². The van der Waals surface area contributed by atoms with Crippen molar-refractivity contribution >= 4 is 41.6 Å². The Balaban J connectivity index is 2.18. The summed E-state index contributed by atoms with van der Waals surface area (Å²) < 4.78 is -1.13. The van der Waals surface area contributed by atoms with Crippen molar-refractivity contribution in [3.05, 3.63) is 106 Å². The van der Waals surface area contributed by atoms with Crippen LogP contribution in [0.15, 0.2) is 78.9 Å². The predicted molar refractivity (Wildman–Crippen MR) is 103 cm³/mol.